The van der Waals surface area contributed by atoms with Gasteiger partial charge in [-0.1, -0.05) is 59.8 Å². The van der Waals surface area contributed by atoms with Crippen molar-refractivity contribution in [2.75, 3.05) is 20.3 Å². The van der Waals surface area contributed by atoms with Crippen LogP contribution in [0, 0.1) is 0 Å². The lowest BCUT2D eigenvalue weighted by molar-refractivity contribution is 0.103. The highest BCUT2D eigenvalue weighted by molar-refractivity contribution is 7.84. The van der Waals surface area contributed by atoms with Gasteiger partial charge in [-0.05, 0) is 49.3 Å². The van der Waals surface area contributed by atoms with Crippen LogP contribution in [0.3, 0.4) is 0 Å². The summed E-state index contributed by atoms with van der Waals surface area (Å²) < 4.78 is 35.7. The summed E-state index contributed by atoms with van der Waals surface area (Å²) >= 11 is 17.0. The molecule has 1 aromatic carbocycles. The van der Waals surface area contributed by atoms with Gasteiger partial charge in [-0.3, -0.25) is 4.18 Å². The predicted molar refractivity (Wildman–Crippen MR) is 108 cm³/mol. The highest BCUT2D eigenvalue weighted by Crippen LogP contribution is 2.48. The van der Waals surface area contributed by atoms with E-state index in [2.05, 4.69) is 12.1 Å². The summed E-state index contributed by atoms with van der Waals surface area (Å²) in [5.41, 5.74) is 0.788. The SMILES string of the molecule is COc1ccc([C@@H]2CCN(S(=O)(=O)OCC(Cl)(Cl)Cl)C3(CCCC3)C2)cc1. The van der Waals surface area contributed by atoms with E-state index in [-0.39, 0.29) is 0 Å². The van der Waals surface area contributed by atoms with Crippen molar-refractivity contribution in [3.05, 3.63) is 29.8 Å². The molecule has 0 bridgehead atoms. The summed E-state index contributed by atoms with van der Waals surface area (Å²) in [7, 11) is -2.32. The number of ether oxygens (including phenoxy) is 1. The van der Waals surface area contributed by atoms with Crippen molar-refractivity contribution in [1.29, 1.82) is 0 Å². The van der Waals surface area contributed by atoms with Crippen LogP contribution in [0.5, 0.6) is 5.75 Å². The lowest BCUT2D eigenvalue weighted by atomic mass is 9.77. The fourth-order valence-corrected chi connectivity index (χ4v) is 6.25. The summed E-state index contributed by atoms with van der Waals surface area (Å²) in [6.45, 7) is -0.0899. The highest BCUT2D eigenvalue weighted by Gasteiger charge is 2.50. The lowest BCUT2D eigenvalue weighted by Gasteiger charge is -2.46. The normalized spacial score (nSPS) is 23.6. The number of piperidine rings is 1. The maximum atomic E-state index is 12.8. The van der Waals surface area contributed by atoms with E-state index in [0.29, 0.717) is 12.5 Å². The van der Waals surface area contributed by atoms with Crippen LogP contribution >= 0.6 is 34.8 Å². The fourth-order valence-electron chi connectivity index (χ4n) is 4.37. The second-order valence-corrected chi connectivity index (χ2v) is 11.3. The van der Waals surface area contributed by atoms with E-state index >= 15 is 0 Å². The molecule has 1 aliphatic carbocycles. The quantitative estimate of drug-likeness (QED) is 0.596. The maximum absolute atomic E-state index is 12.8. The van der Waals surface area contributed by atoms with Crippen LogP contribution in [0.25, 0.3) is 0 Å². The zero-order chi connectivity index (χ0) is 19.7. The van der Waals surface area contributed by atoms with Gasteiger partial charge >= 0.3 is 10.3 Å². The van der Waals surface area contributed by atoms with E-state index in [1.807, 2.05) is 12.1 Å². The summed E-state index contributed by atoms with van der Waals surface area (Å²) in [5.74, 6) is 1.11. The number of halogens is 3. The van der Waals surface area contributed by atoms with Crippen LogP contribution in [0.4, 0.5) is 0 Å². The van der Waals surface area contributed by atoms with Gasteiger partial charge in [0.05, 0.1) is 7.11 Å². The lowest BCUT2D eigenvalue weighted by Crippen LogP contribution is -2.55. The molecule has 1 heterocycles. The molecule has 0 unspecified atom stereocenters. The number of methoxy groups -OCH3 is 1. The fraction of sp³-hybridized carbons (Fsp3) is 0.667. The molecule has 0 N–H and O–H groups in total. The molecule has 2 aliphatic rings. The predicted octanol–water partition coefficient (Wildman–Crippen LogP) is 4.82. The molecule has 152 valence electrons. The minimum Gasteiger partial charge on any atom is -0.497 e. The second kappa shape index (κ2) is 8.25. The van der Waals surface area contributed by atoms with Crippen molar-refractivity contribution in [1.82, 2.24) is 4.31 Å². The van der Waals surface area contributed by atoms with Gasteiger partial charge in [0.1, 0.15) is 12.4 Å². The molecule has 9 heteroatoms. The smallest absolute Gasteiger partial charge is 0.339 e. The Morgan fingerprint density at radius 2 is 1.81 bits per heavy atom. The van der Waals surface area contributed by atoms with Crippen molar-refractivity contribution in [2.45, 2.75) is 53.8 Å². The maximum Gasteiger partial charge on any atom is 0.339 e. The van der Waals surface area contributed by atoms with Gasteiger partial charge in [0.25, 0.3) is 0 Å². The van der Waals surface area contributed by atoms with E-state index < -0.39 is 26.2 Å². The largest absolute Gasteiger partial charge is 0.497 e. The Kier molecular flexibility index (Phi) is 6.56. The Labute approximate surface area is 176 Å². The van der Waals surface area contributed by atoms with E-state index in [4.69, 9.17) is 43.7 Å². The first-order chi connectivity index (χ1) is 12.7. The average Bonchev–Trinajstić information content (AvgIpc) is 3.07. The molecular formula is C18H24Cl3NO4S. The number of hydrogen-bond donors (Lipinski definition) is 0. The summed E-state index contributed by atoms with van der Waals surface area (Å²) in [4.78, 5) is 0. The molecule has 0 amide bonds. The molecule has 1 aliphatic heterocycles. The van der Waals surface area contributed by atoms with Gasteiger partial charge in [-0.2, -0.15) is 12.7 Å². The Bertz CT molecular complexity index is 743. The molecule has 1 saturated heterocycles. The van der Waals surface area contributed by atoms with Gasteiger partial charge < -0.3 is 4.74 Å². The number of rotatable bonds is 5. The van der Waals surface area contributed by atoms with Gasteiger partial charge in [-0.25, -0.2) is 0 Å². The van der Waals surface area contributed by atoms with Crippen molar-refractivity contribution in [3.8, 4) is 5.75 Å². The Balaban J connectivity index is 1.80. The van der Waals surface area contributed by atoms with E-state index in [1.54, 1.807) is 7.11 Å². The molecule has 1 spiro atoms. The van der Waals surface area contributed by atoms with Crippen LogP contribution in [-0.2, 0) is 14.5 Å². The standard InChI is InChI=1S/C18H24Cl3NO4S/c1-25-16-6-4-14(5-7-16)15-8-11-22(17(12-15)9-2-3-10-17)27(23,24)26-13-18(19,20)21/h4-7,15H,2-3,8-13H2,1H3/t15-/m1/s1. The number of nitrogens with zero attached hydrogens (tertiary/aromatic N) is 1. The van der Waals surface area contributed by atoms with E-state index in [0.717, 1.165) is 44.3 Å². The molecule has 1 aromatic rings. The molecule has 1 atom stereocenters. The Morgan fingerprint density at radius 3 is 2.37 bits per heavy atom. The summed E-state index contributed by atoms with van der Waals surface area (Å²) in [6, 6.07) is 8.03. The van der Waals surface area contributed by atoms with Crippen LogP contribution in [0.15, 0.2) is 24.3 Å². The minimum absolute atomic E-state index is 0.300. The number of hydrogen-bond acceptors (Lipinski definition) is 4. The van der Waals surface area contributed by atoms with Crippen LogP contribution in [0.1, 0.15) is 50.0 Å². The molecule has 3 rings (SSSR count). The molecule has 27 heavy (non-hydrogen) atoms. The summed E-state index contributed by atoms with van der Waals surface area (Å²) in [6.07, 6.45) is 5.17. The topological polar surface area (TPSA) is 55.8 Å². The van der Waals surface area contributed by atoms with Gasteiger partial charge in [0.2, 0.25) is 3.79 Å². The molecular weight excluding hydrogens is 433 g/mol. The first-order valence-corrected chi connectivity index (χ1v) is 11.5. The van der Waals surface area contributed by atoms with Crippen molar-refractivity contribution < 1.29 is 17.3 Å². The first kappa shape index (κ1) is 21.5. The highest BCUT2D eigenvalue weighted by atomic mass is 35.6. The van der Waals surface area contributed by atoms with Crippen molar-refractivity contribution in [2.24, 2.45) is 0 Å². The van der Waals surface area contributed by atoms with Crippen LogP contribution < -0.4 is 4.74 Å². The van der Waals surface area contributed by atoms with E-state index in [1.165, 1.54) is 9.87 Å². The van der Waals surface area contributed by atoms with Crippen molar-refractivity contribution in [3.63, 3.8) is 0 Å². The van der Waals surface area contributed by atoms with Gasteiger partial charge in [0, 0.05) is 12.1 Å². The zero-order valence-corrected chi connectivity index (χ0v) is 18.3. The van der Waals surface area contributed by atoms with Gasteiger partial charge in [-0.15, -0.1) is 0 Å². The zero-order valence-electron chi connectivity index (χ0n) is 15.2. The van der Waals surface area contributed by atoms with Crippen molar-refractivity contribution >= 4 is 45.1 Å². The van der Waals surface area contributed by atoms with Crippen LogP contribution in [0.2, 0.25) is 0 Å². The van der Waals surface area contributed by atoms with Crippen LogP contribution in [-0.4, -0.2) is 42.3 Å². The summed E-state index contributed by atoms with van der Waals surface area (Å²) in [5, 5.41) is 0. The first-order valence-electron chi connectivity index (χ1n) is 9.03. The minimum atomic E-state index is -3.96. The second-order valence-electron chi connectivity index (χ2n) is 7.30. The number of benzene rings is 1. The average molecular weight is 457 g/mol. The third-order valence-electron chi connectivity index (χ3n) is 5.60. The third-order valence-corrected chi connectivity index (χ3v) is 7.45. The Hall–Kier alpha value is -0.240. The van der Waals surface area contributed by atoms with Gasteiger partial charge in [0.15, 0.2) is 0 Å². The molecule has 1 saturated carbocycles. The third kappa shape index (κ3) is 5.03. The monoisotopic (exact) mass is 455 g/mol. The molecule has 2 fully saturated rings. The molecule has 0 aromatic heterocycles. The molecule has 5 nitrogen and oxygen atoms in total. The Morgan fingerprint density at radius 1 is 1.19 bits per heavy atom. The number of alkyl halides is 3. The van der Waals surface area contributed by atoms with E-state index in [9.17, 15) is 8.42 Å². The molecule has 0 radical (unpaired) electrons.